The quantitative estimate of drug-likeness (QED) is 0.166. The number of fused-ring (bicyclic) bond motifs is 5. The van der Waals surface area contributed by atoms with Gasteiger partial charge in [-0.05, 0) is 91.7 Å². The average molecular weight is 690 g/mol. The lowest BCUT2D eigenvalue weighted by Gasteiger charge is -2.26. The minimum atomic E-state index is 0.871. The van der Waals surface area contributed by atoms with Crippen LogP contribution in [0.3, 0.4) is 0 Å². The molecule has 0 aliphatic rings. The molecule has 254 valence electrons. The molecule has 0 radical (unpaired) electrons. The second-order valence-electron chi connectivity index (χ2n) is 13.7. The van der Waals surface area contributed by atoms with E-state index in [9.17, 15) is 0 Å². The molecule has 10 rings (SSSR count). The van der Waals surface area contributed by atoms with Crippen LogP contribution in [-0.4, -0.2) is 0 Å². The number of furan rings is 1. The van der Waals surface area contributed by atoms with E-state index in [1.165, 1.54) is 55.3 Å². The van der Waals surface area contributed by atoms with Crippen molar-refractivity contribution >= 4 is 49.8 Å². The SMILES string of the molecule is c1ccc(-c2ccc(-c3ccc(N(c4ccc(-c5ccc(-c6ccccc6)cc5)cc4)c4cc5ccccc5c5c4oc4ccccc45)cc3)cc2)cc1. The summed E-state index contributed by atoms with van der Waals surface area (Å²) in [6.07, 6.45) is 0. The molecule has 0 bridgehead atoms. The lowest BCUT2D eigenvalue weighted by Crippen LogP contribution is -2.10. The molecule has 0 spiro atoms. The predicted octanol–water partition coefficient (Wildman–Crippen LogP) is 14.9. The van der Waals surface area contributed by atoms with Crippen LogP contribution in [0.15, 0.2) is 217 Å². The third kappa shape index (κ3) is 5.71. The van der Waals surface area contributed by atoms with Crippen LogP contribution in [0.5, 0.6) is 0 Å². The first-order chi connectivity index (χ1) is 26.8. The summed E-state index contributed by atoms with van der Waals surface area (Å²) in [5, 5.41) is 4.61. The lowest BCUT2D eigenvalue weighted by atomic mass is 9.99. The van der Waals surface area contributed by atoms with Gasteiger partial charge in [0.15, 0.2) is 5.58 Å². The summed E-state index contributed by atoms with van der Waals surface area (Å²) in [6.45, 7) is 0. The number of nitrogens with zero attached hydrogens (tertiary/aromatic N) is 1. The third-order valence-electron chi connectivity index (χ3n) is 10.5. The van der Waals surface area contributed by atoms with Crippen molar-refractivity contribution < 1.29 is 4.42 Å². The number of anilines is 3. The zero-order valence-corrected chi connectivity index (χ0v) is 29.6. The lowest BCUT2D eigenvalue weighted by molar-refractivity contribution is 0.669. The monoisotopic (exact) mass is 689 g/mol. The molecule has 0 saturated heterocycles. The molecule has 2 nitrogen and oxygen atoms in total. The number of hydrogen-bond acceptors (Lipinski definition) is 2. The molecule has 10 aromatic rings. The van der Waals surface area contributed by atoms with Crippen molar-refractivity contribution in [3.8, 4) is 44.5 Å². The van der Waals surface area contributed by atoms with Crippen LogP contribution in [0, 0.1) is 0 Å². The number of hydrogen-bond donors (Lipinski definition) is 0. The van der Waals surface area contributed by atoms with E-state index in [-0.39, 0.29) is 0 Å². The summed E-state index contributed by atoms with van der Waals surface area (Å²) in [5.41, 5.74) is 14.4. The first kappa shape index (κ1) is 31.6. The third-order valence-corrected chi connectivity index (χ3v) is 10.5. The molecule has 0 N–H and O–H groups in total. The van der Waals surface area contributed by atoms with Gasteiger partial charge in [-0.15, -0.1) is 0 Å². The van der Waals surface area contributed by atoms with Crippen molar-refractivity contribution in [2.75, 3.05) is 4.90 Å². The fourth-order valence-corrected chi connectivity index (χ4v) is 7.73. The summed E-state index contributed by atoms with van der Waals surface area (Å²) < 4.78 is 6.76. The molecule has 0 unspecified atom stereocenters. The molecule has 1 heterocycles. The number of para-hydroxylation sites is 1. The van der Waals surface area contributed by atoms with Gasteiger partial charge in [-0.3, -0.25) is 0 Å². The minimum absolute atomic E-state index is 0.871. The van der Waals surface area contributed by atoms with Crippen LogP contribution < -0.4 is 4.90 Å². The van der Waals surface area contributed by atoms with E-state index < -0.39 is 0 Å². The first-order valence-corrected chi connectivity index (χ1v) is 18.4. The predicted molar refractivity (Wildman–Crippen MR) is 228 cm³/mol. The Labute approximate surface area is 314 Å². The Morgan fingerprint density at radius 2 is 0.685 bits per heavy atom. The van der Waals surface area contributed by atoms with E-state index in [0.717, 1.165) is 39.0 Å². The van der Waals surface area contributed by atoms with Crippen molar-refractivity contribution in [3.05, 3.63) is 212 Å². The Balaban J connectivity index is 1.08. The van der Waals surface area contributed by atoms with Crippen LogP contribution in [0.1, 0.15) is 0 Å². The molecule has 9 aromatic carbocycles. The molecule has 1 aromatic heterocycles. The largest absolute Gasteiger partial charge is 0.454 e. The van der Waals surface area contributed by atoms with Gasteiger partial charge >= 0.3 is 0 Å². The van der Waals surface area contributed by atoms with Gasteiger partial charge in [0.25, 0.3) is 0 Å². The van der Waals surface area contributed by atoms with E-state index in [0.29, 0.717) is 0 Å². The van der Waals surface area contributed by atoms with Crippen molar-refractivity contribution in [1.82, 2.24) is 0 Å². The Bertz CT molecular complexity index is 2750. The molecule has 0 saturated carbocycles. The maximum Gasteiger partial charge on any atom is 0.160 e. The molecular formula is C52H35NO. The second-order valence-corrected chi connectivity index (χ2v) is 13.7. The van der Waals surface area contributed by atoms with Crippen LogP contribution in [0.25, 0.3) is 77.2 Å². The summed E-state index contributed by atoms with van der Waals surface area (Å²) in [6, 6.07) is 75.7. The number of rotatable bonds is 7. The normalized spacial score (nSPS) is 11.3. The summed E-state index contributed by atoms with van der Waals surface area (Å²) >= 11 is 0. The standard InChI is InChI=1S/C52H35NO/c1-3-11-36(12-4-1)38-19-23-40(24-20-38)42-27-31-45(32-28-42)53(46-33-29-43(30-34-46)41-25-21-39(22-26-41)37-13-5-2-6-14-37)49-35-44-15-7-8-16-47(44)51-48-17-9-10-18-50(48)54-52(49)51/h1-35H. The zero-order valence-electron chi connectivity index (χ0n) is 29.6. The van der Waals surface area contributed by atoms with Gasteiger partial charge in [0.1, 0.15) is 5.58 Å². The maximum atomic E-state index is 6.76. The summed E-state index contributed by atoms with van der Waals surface area (Å²) in [5.74, 6) is 0. The maximum absolute atomic E-state index is 6.76. The Morgan fingerprint density at radius 1 is 0.315 bits per heavy atom. The van der Waals surface area contributed by atoms with E-state index in [1.807, 2.05) is 6.07 Å². The minimum Gasteiger partial charge on any atom is -0.454 e. The van der Waals surface area contributed by atoms with Crippen molar-refractivity contribution in [2.45, 2.75) is 0 Å². The Kier molecular flexibility index (Phi) is 7.85. The number of benzene rings is 9. The van der Waals surface area contributed by atoms with Gasteiger partial charge in [-0.2, -0.15) is 0 Å². The van der Waals surface area contributed by atoms with Crippen LogP contribution >= 0.6 is 0 Å². The van der Waals surface area contributed by atoms with Gasteiger partial charge in [0.2, 0.25) is 0 Å². The molecule has 2 heteroatoms. The second kappa shape index (κ2) is 13.4. The fourth-order valence-electron chi connectivity index (χ4n) is 7.73. The molecule has 54 heavy (non-hydrogen) atoms. The highest BCUT2D eigenvalue weighted by atomic mass is 16.3. The van der Waals surface area contributed by atoms with Crippen LogP contribution in [-0.2, 0) is 0 Å². The van der Waals surface area contributed by atoms with Gasteiger partial charge in [0, 0.05) is 22.1 Å². The Morgan fingerprint density at radius 3 is 1.17 bits per heavy atom. The summed E-state index contributed by atoms with van der Waals surface area (Å²) in [7, 11) is 0. The molecular weight excluding hydrogens is 655 g/mol. The average Bonchev–Trinajstić information content (AvgIpc) is 3.65. The molecule has 0 fully saturated rings. The highest BCUT2D eigenvalue weighted by Gasteiger charge is 2.22. The van der Waals surface area contributed by atoms with E-state index >= 15 is 0 Å². The first-order valence-electron chi connectivity index (χ1n) is 18.4. The highest BCUT2D eigenvalue weighted by Crippen LogP contribution is 2.46. The van der Waals surface area contributed by atoms with Gasteiger partial charge in [-0.1, -0.05) is 176 Å². The molecule has 0 aliphatic heterocycles. The molecule has 0 aliphatic carbocycles. The van der Waals surface area contributed by atoms with Crippen molar-refractivity contribution in [1.29, 1.82) is 0 Å². The van der Waals surface area contributed by atoms with Crippen LogP contribution in [0.4, 0.5) is 17.1 Å². The molecule has 0 atom stereocenters. The van der Waals surface area contributed by atoms with Gasteiger partial charge < -0.3 is 9.32 Å². The topological polar surface area (TPSA) is 16.4 Å². The smallest absolute Gasteiger partial charge is 0.160 e. The van der Waals surface area contributed by atoms with E-state index in [4.69, 9.17) is 4.42 Å². The van der Waals surface area contributed by atoms with Gasteiger partial charge in [0.05, 0.1) is 5.69 Å². The van der Waals surface area contributed by atoms with E-state index in [1.54, 1.807) is 0 Å². The summed E-state index contributed by atoms with van der Waals surface area (Å²) in [4.78, 5) is 2.34. The van der Waals surface area contributed by atoms with Crippen molar-refractivity contribution in [2.24, 2.45) is 0 Å². The highest BCUT2D eigenvalue weighted by molar-refractivity contribution is 6.23. The fraction of sp³-hybridized carbons (Fsp3) is 0. The van der Waals surface area contributed by atoms with Crippen molar-refractivity contribution in [3.63, 3.8) is 0 Å². The van der Waals surface area contributed by atoms with Gasteiger partial charge in [-0.25, -0.2) is 0 Å². The van der Waals surface area contributed by atoms with E-state index in [2.05, 4.69) is 211 Å². The van der Waals surface area contributed by atoms with Crippen LogP contribution in [0.2, 0.25) is 0 Å². The Hall–Kier alpha value is -7.16. The zero-order chi connectivity index (χ0) is 35.8. The molecule has 0 amide bonds.